The first kappa shape index (κ1) is 14.0. The normalized spacial score (nSPS) is 20.2. The number of urea groups is 1. The third-order valence-corrected chi connectivity index (χ3v) is 4.02. The Morgan fingerprint density at radius 2 is 1.95 bits per heavy atom. The maximum atomic E-state index is 12.3. The molecule has 0 fully saturated rings. The molecule has 2 heterocycles. The van der Waals surface area contributed by atoms with Crippen LogP contribution in [0.4, 0.5) is 4.79 Å². The minimum atomic E-state index is -0.00182. The largest absolute Gasteiger partial charge is 0.486 e. The molecule has 2 aliphatic heterocycles. The van der Waals surface area contributed by atoms with E-state index in [9.17, 15) is 4.79 Å². The van der Waals surface area contributed by atoms with Gasteiger partial charge < -0.3 is 19.7 Å². The summed E-state index contributed by atoms with van der Waals surface area (Å²) in [5.74, 6) is 1.62. The molecule has 21 heavy (non-hydrogen) atoms. The van der Waals surface area contributed by atoms with Gasteiger partial charge in [0.25, 0.3) is 0 Å². The van der Waals surface area contributed by atoms with Gasteiger partial charge in [0.15, 0.2) is 11.5 Å². The fourth-order valence-corrected chi connectivity index (χ4v) is 2.96. The Hall–Kier alpha value is -1.91. The summed E-state index contributed by atoms with van der Waals surface area (Å²) in [5, 5.41) is 2.97. The molecule has 0 saturated heterocycles. The highest BCUT2D eigenvalue weighted by molar-refractivity contribution is 5.75. The van der Waals surface area contributed by atoms with Crippen LogP contribution in [0.25, 0.3) is 0 Å². The molecule has 3 rings (SSSR count). The lowest BCUT2D eigenvalue weighted by Gasteiger charge is -2.36. The molecule has 5 heteroatoms. The number of ether oxygens (including phenoxy) is 2. The molecule has 1 atom stereocenters. The summed E-state index contributed by atoms with van der Waals surface area (Å²) in [7, 11) is 0. The molecule has 0 radical (unpaired) electrons. The molecule has 1 N–H and O–H groups in total. The SMILES string of the molecule is CC(C)NC(=O)N1CCc2cc3c(cc2C1C)OCCO3. The molecule has 1 aromatic rings. The van der Waals surface area contributed by atoms with Gasteiger partial charge in [0, 0.05) is 12.6 Å². The van der Waals surface area contributed by atoms with E-state index in [1.807, 2.05) is 24.8 Å². The molecule has 1 aromatic carbocycles. The second-order valence-electron chi connectivity index (χ2n) is 5.92. The van der Waals surface area contributed by atoms with Gasteiger partial charge >= 0.3 is 6.03 Å². The van der Waals surface area contributed by atoms with Crippen LogP contribution in [-0.4, -0.2) is 36.7 Å². The number of nitrogens with one attached hydrogen (secondary N) is 1. The van der Waals surface area contributed by atoms with E-state index in [1.54, 1.807) is 0 Å². The second kappa shape index (κ2) is 5.47. The molecule has 0 spiro atoms. The van der Waals surface area contributed by atoms with Gasteiger partial charge in [-0.3, -0.25) is 0 Å². The van der Waals surface area contributed by atoms with Crippen LogP contribution >= 0.6 is 0 Å². The Balaban J connectivity index is 1.87. The van der Waals surface area contributed by atoms with Crippen LogP contribution < -0.4 is 14.8 Å². The van der Waals surface area contributed by atoms with Crippen molar-refractivity contribution in [2.45, 2.75) is 39.3 Å². The first-order chi connectivity index (χ1) is 10.1. The average Bonchev–Trinajstić information content (AvgIpc) is 2.45. The number of hydrogen-bond donors (Lipinski definition) is 1. The summed E-state index contributed by atoms with van der Waals surface area (Å²) in [6.07, 6.45) is 0.849. The van der Waals surface area contributed by atoms with Gasteiger partial charge in [-0.25, -0.2) is 4.79 Å². The number of fused-ring (bicyclic) bond motifs is 2. The first-order valence-electron chi connectivity index (χ1n) is 7.56. The topological polar surface area (TPSA) is 50.8 Å². The summed E-state index contributed by atoms with van der Waals surface area (Å²) >= 11 is 0. The van der Waals surface area contributed by atoms with Gasteiger partial charge in [0.05, 0.1) is 6.04 Å². The van der Waals surface area contributed by atoms with Crippen molar-refractivity contribution in [1.82, 2.24) is 10.2 Å². The Morgan fingerprint density at radius 3 is 2.62 bits per heavy atom. The van der Waals surface area contributed by atoms with E-state index < -0.39 is 0 Å². The van der Waals surface area contributed by atoms with Gasteiger partial charge in [0.2, 0.25) is 0 Å². The quantitative estimate of drug-likeness (QED) is 0.864. The highest BCUT2D eigenvalue weighted by Gasteiger charge is 2.29. The Kier molecular flexibility index (Phi) is 3.66. The number of hydrogen-bond acceptors (Lipinski definition) is 3. The predicted octanol–water partition coefficient (Wildman–Crippen LogP) is 2.49. The van der Waals surface area contributed by atoms with E-state index in [0.29, 0.717) is 13.2 Å². The van der Waals surface area contributed by atoms with Crippen molar-refractivity contribution in [3.63, 3.8) is 0 Å². The Morgan fingerprint density at radius 1 is 1.29 bits per heavy atom. The van der Waals surface area contributed by atoms with E-state index in [2.05, 4.69) is 18.3 Å². The van der Waals surface area contributed by atoms with Gasteiger partial charge in [-0.05, 0) is 50.5 Å². The molecule has 1 unspecified atom stereocenters. The fraction of sp³-hybridized carbons (Fsp3) is 0.562. The fourth-order valence-electron chi connectivity index (χ4n) is 2.96. The van der Waals surface area contributed by atoms with Crippen molar-refractivity contribution >= 4 is 6.03 Å². The van der Waals surface area contributed by atoms with Crippen LogP contribution in [0.3, 0.4) is 0 Å². The van der Waals surface area contributed by atoms with Crippen molar-refractivity contribution in [1.29, 1.82) is 0 Å². The van der Waals surface area contributed by atoms with E-state index >= 15 is 0 Å². The summed E-state index contributed by atoms with van der Waals surface area (Å²) in [6, 6.07) is 4.29. The number of amides is 2. The van der Waals surface area contributed by atoms with Crippen LogP contribution in [0.1, 0.15) is 37.9 Å². The molecule has 5 nitrogen and oxygen atoms in total. The lowest BCUT2D eigenvalue weighted by atomic mass is 9.93. The van der Waals surface area contributed by atoms with Crippen molar-refractivity contribution in [2.24, 2.45) is 0 Å². The van der Waals surface area contributed by atoms with Crippen LogP contribution in [0.15, 0.2) is 12.1 Å². The average molecular weight is 290 g/mol. The van der Waals surface area contributed by atoms with Gasteiger partial charge in [0.1, 0.15) is 13.2 Å². The predicted molar refractivity (Wildman–Crippen MR) is 79.9 cm³/mol. The van der Waals surface area contributed by atoms with E-state index in [1.165, 1.54) is 5.56 Å². The van der Waals surface area contributed by atoms with Gasteiger partial charge in [-0.15, -0.1) is 0 Å². The zero-order chi connectivity index (χ0) is 15.0. The number of carbonyl (C=O) groups is 1. The number of rotatable bonds is 1. The smallest absolute Gasteiger partial charge is 0.318 e. The zero-order valence-electron chi connectivity index (χ0n) is 12.8. The molecule has 114 valence electrons. The molecule has 0 bridgehead atoms. The van der Waals surface area contributed by atoms with Crippen molar-refractivity contribution in [3.05, 3.63) is 23.3 Å². The molecule has 2 amide bonds. The van der Waals surface area contributed by atoms with Crippen LogP contribution in [-0.2, 0) is 6.42 Å². The lowest BCUT2D eigenvalue weighted by Crippen LogP contribution is -2.46. The molecule has 2 aliphatic rings. The van der Waals surface area contributed by atoms with E-state index in [0.717, 1.165) is 30.0 Å². The molecule has 0 saturated carbocycles. The number of carbonyl (C=O) groups excluding carboxylic acids is 1. The number of nitrogens with zero attached hydrogens (tertiary/aromatic N) is 1. The molecular weight excluding hydrogens is 268 g/mol. The van der Waals surface area contributed by atoms with Gasteiger partial charge in [-0.2, -0.15) is 0 Å². The second-order valence-corrected chi connectivity index (χ2v) is 5.92. The summed E-state index contributed by atoms with van der Waals surface area (Å²) in [5.41, 5.74) is 2.41. The highest BCUT2D eigenvalue weighted by atomic mass is 16.6. The Bertz CT molecular complexity index is 557. The first-order valence-corrected chi connectivity index (χ1v) is 7.56. The third-order valence-electron chi connectivity index (χ3n) is 4.02. The summed E-state index contributed by atoms with van der Waals surface area (Å²) in [4.78, 5) is 14.2. The molecule has 0 aliphatic carbocycles. The van der Waals surface area contributed by atoms with Crippen LogP contribution in [0.5, 0.6) is 11.5 Å². The highest BCUT2D eigenvalue weighted by Crippen LogP contribution is 2.39. The monoisotopic (exact) mass is 290 g/mol. The molecule has 0 aromatic heterocycles. The zero-order valence-corrected chi connectivity index (χ0v) is 12.8. The molecular formula is C16H22N2O3. The lowest BCUT2D eigenvalue weighted by molar-refractivity contribution is 0.164. The summed E-state index contributed by atoms with van der Waals surface area (Å²) in [6.45, 7) is 7.92. The van der Waals surface area contributed by atoms with E-state index in [-0.39, 0.29) is 18.1 Å². The van der Waals surface area contributed by atoms with Crippen molar-refractivity contribution < 1.29 is 14.3 Å². The standard InChI is InChI=1S/C16H22N2O3/c1-10(2)17-16(19)18-5-4-12-8-14-15(21-7-6-20-14)9-13(12)11(18)3/h8-11H,4-7H2,1-3H3,(H,17,19). The van der Waals surface area contributed by atoms with E-state index in [4.69, 9.17) is 9.47 Å². The van der Waals surface area contributed by atoms with Crippen molar-refractivity contribution in [3.8, 4) is 11.5 Å². The third kappa shape index (κ3) is 2.64. The van der Waals surface area contributed by atoms with Crippen molar-refractivity contribution in [2.75, 3.05) is 19.8 Å². The summed E-state index contributed by atoms with van der Waals surface area (Å²) < 4.78 is 11.3. The number of benzene rings is 1. The minimum absolute atomic E-state index is 0.00182. The maximum Gasteiger partial charge on any atom is 0.318 e. The van der Waals surface area contributed by atoms with Crippen LogP contribution in [0, 0.1) is 0 Å². The minimum Gasteiger partial charge on any atom is -0.486 e. The maximum absolute atomic E-state index is 12.3. The van der Waals surface area contributed by atoms with Gasteiger partial charge in [-0.1, -0.05) is 0 Å². The Labute approximate surface area is 125 Å². The van der Waals surface area contributed by atoms with Crippen LogP contribution in [0.2, 0.25) is 0 Å².